The Bertz CT molecular complexity index is 95.0. The van der Waals surface area contributed by atoms with Gasteiger partial charge in [-0.3, -0.25) is 10.5 Å². The van der Waals surface area contributed by atoms with Crippen molar-refractivity contribution in [3.8, 4) is 0 Å². The van der Waals surface area contributed by atoms with E-state index in [1.54, 1.807) is 0 Å². The molecule has 0 aliphatic heterocycles. The minimum atomic E-state index is -0.983. The Morgan fingerprint density at radius 3 is 2.67 bits per heavy atom. The maximum absolute atomic E-state index is 10.0. The fraction of sp³-hybridized carbons (Fsp3) is 0.800. The quantitative estimate of drug-likeness (QED) is 0.537. The molecule has 0 rings (SSSR count). The van der Waals surface area contributed by atoms with E-state index in [0.29, 0.717) is 12.8 Å². The first-order chi connectivity index (χ1) is 4.18. The van der Waals surface area contributed by atoms with Crippen LogP contribution in [0.15, 0.2) is 0 Å². The van der Waals surface area contributed by atoms with Crippen LogP contribution in [0.3, 0.4) is 0 Å². The second-order valence-corrected chi connectivity index (χ2v) is 1.84. The number of hydrogen-bond donors (Lipinski definition) is 2. The summed E-state index contributed by atoms with van der Waals surface area (Å²) in [5.74, 6) is -0.983. The third kappa shape index (κ3) is 3.93. The average molecular weight is 131 g/mol. The third-order valence-corrected chi connectivity index (χ3v) is 1.01. The number of rotatable bonds is 4. The van der Waals surface area contributed by atoms with E-state index in [0.717, 1.165) is 0 Å². The molecule has 9 heavy (non-hydrogen) atoms. The maximum Gasteiger partial charge on any atom is 0.320 e. The molecule has 4 N–H and O–H groups in total. The van der Waals surface area contributed by atoms with Gasteiger partial charge in [0.05, 0.1) is 0 Å². The molecule has 0 aromatic carbocycles. The number of nitrogens with one attached hydrogen (secondary N) is 1. The van der Waals surface area contributed by atoms with E-state index >= 15 is 0 Å². The molecule has 0 spiro atoms. The van der Waals surface area contributed by atoms with Crippen LogP contribution in [0.2, 0.25) is 0 Å². The monoisotopic (exact) mass is 131 g/mol. The lowest BCUT2D eigenvalue weighted by molar-refractivity contribution is -0.138. The fourth-order valence-corrected chi connectivity index (χ4v) is 0.445. The first kappa shape index (κ1) is 8.39. The van der Waals surface area contributed by atoms with Gasteiger partial charge in [-0.05, 0) is 12.8 Å². The average Bonchev–Trinajstić information content (AvgIpc) is 1.82. The van der Waals surface area contributed by atoms with Crippen molar-refractivity contribution in [2.75, 3.05) is 6.54 Å². The maximum atomic E-state index is 10.0. The van der Waals surface area contributed by atoms with E-state index < -0.39 is 12.0 Å². The molecular formula is C5H11N2O2. The SMILES string of the molecule is [NH]CCCC(N)C(=O)O. The number of hydrogen-bond acceptors (Lipinski definition) is 2. The van der Waals surface area contributed by atoms with E-state index in [4.69, 9.17) is 16.6 Å². The molecule has 0 aliphatic carbocycles. The summed E-state index contributed by atoms with van der Waals surface area (Å²) in [4.78, 5) is 10.0. The van der Waals surface area contributed by atoms with Crippen LogP contribution >= 0.6 is 0 Å². The van der Waals surface area contributed by atoms with E-state index in [-0.39, 0.29) is 6.54 Å². The minimum absolute atomic E-state index is 0.251. The molecule has 0 aromatic rings. The van der Waals surface area contributed by atoms with Crippen LogP contribution in [-0.2, 0) is 4.79 Å². The molecule has 0 saturated carbocycles. The second-order valence-electron chi connectivity index (χ2n) is 1.84. The Morgan fingerprint density at radius 1 is 1.78 bits per heavy atom. The number of nitrogens with two attached hydrogens (primary N) is 1. The third-order valence-electron chi connectivity index (χ3n) is 1.01. The van der Waals surface area contributed by atoms with Gasteiger partial charge in [-0.1, -0.05) is 0 Å². The summed E-state index contributed by atoms with van der Waals surface area (Å²) in [5.41, 5.74) is 11.8. The predicted octanol–water partition coefficient (Wildman–Crippen LogP) is -0.539. The summed E-state index contributed by atoms with van der Waals surface area (Å²) in [6.45, 7) is 0.251. The molecule has 53 valence electrons. The van der Waals surface area contributed by atoms with Crippen LogP contribution in [-0.4, -0.2) is 23.7 Å². The Labute approximate surface area is 53.8 Å². The first-order valence-electron chi connectivity index (χ1n) is 2.81. The zero-order valence-electron chi connectivity index (χ0n) is 5.13. The lowest BCUT2D eigenvalue weighted by Gasteiger charge is -2.02. The predicted molar refractivity (Wildman–Crippen MR) is 32.8 cm³/mol. The Balaban J connectivity index is 3.27. The van der Waals surface area contributed by atoms with Gasteiger partial charge in [0.25, 0.3) is 0 Å². The van der Waals surface area contributed by atoms with Crippen LogP contribution in [0.25, 0.3) is 0 Å². The molecule has 0 saturated heterocycles. The fourth-order valence-electron chi connectivity index (χ4n) is 0.445. The zero-order chi connectivity index (χ0) is 7.28. The van der Waals surface area contributed by atoms with Gasteiger partial charge < -0.3 is 10.8 Å². The topological polar surface area (TPSA) is 87.1 Å². The Morgan fingerprint density at radius 2 is 2.33 bits per heavy atom. The number of aliphatic carboxylic acids is 1. The van der Waals surface area contributed by atoms with E-state index in [1.807, 2.05) is 0 Å². The molecule has 0 aromatic heterocycles. The van der Waals surface area contributed by atoms with Gasteiger partial charge in [0.2, 0.25) is 0 Å². The second kappa shape index (κ2) is 4.29. The summed E-state index contributed by atoms with van der Waals surface area (Å²) in [6.07, 6.45) is 0.965. The molecule has 1 atom stereocenters. The first-order valence-corrected chi connectivity index (χ1v) is 2.81. The Hall–Kier alpha value is -0.610. The van der Waals surface area contributed by atoms with Gasteiger partial charge in [-0.15, -0.1) is 0 Å². The molecule has 0 amide bonds. The summed E-state index contributed by atoms with van der Waals surface area (Å²) < 4.78 is 0. The van der Waals surface area contributed by atoms with Crippen molar-refractivity contribution in [3.63, 3.8) is 0 Å². The van der Waals surface area contributed by atoms with Gasteiger partial charge >= 0.3 is 5.97 Å². The van der Waals surface area contributed by atoms with Crippen molar-refractivity contribution in [1.82, 2.24) is 5.73 Å². The van der Waals surface area contributed by atoms with Crippen molar-refractivity contribution in [3.05, 3.63) is 0 Å². The van der Waals surface area contributed by atoms with Gasteiger partial charge in [0.1, 0.15) is 6.04 Å². The highest BCUT2D eigenvalue weighted by Crippen LogP contribution is 1.91. The van der Waals surface area contributed by atoms with Crippen LogP contribution in [0, 0.1) is 0 Å². The van der Waals surface area contributed by atoms with Gasteiger partial charge in [-0.25, -0.2) is 0 Å². The molecule has 0 heterocycles. The summed E-state index contributed by atoms with van der Waals surface area (Å²) in [5, 5.41) is 8.22. The van der Waals surface area contributed by atoms with Crippen molar-refractivity contribution < 1.29 is 9.90 Å². The zero-order valence-corrected chi connectivity index (χ0v) is 5.13. The number of carboxylic acid groups (broad SMARTS) is 1. The molecule has 0 aliphatic rings. The van der Waals surface area contributed by atoms with Gasteiger partial charge in [0.15, 0.2) is 0 Å². The van der Waals surface area contributed by atoms with Crippen molar-refractivity contribution >= 4 is 5.97 Å². The molecule has 0 bridgehead atoms. The van der Waals surface area contributed by atoms with Crippen LogP contribution < -0.4 is 11.5 Å². The van der Waals surface area contributed by atoms with Crippen molar-refractivity contribution in [2.24, 2.45) is 5.73 Å². The highest BCUT2D eigenvalue weighted by atomic mass is 16.4. The van der Waals surface area contributed by atoms with E-state index in [1.165, 1.54) is 0 Å². The van der Waals surface area contributed by atoms with Crippen molar-refractivity contribution in [2.45, 2.75) is 18.9 Å². The highest BCUT2D eigenvalue weighted by Gasteiger charge is 2.08. The number of carbonyl (C=O) groups is 1. The summed E-state index contributed by atoms with van der Waals surface area (Å²) >= 11 is 0. The Kier molecular flexibility index (Phi) is 4.00. The van der Waals surface area contributed by atoms with Crippen LogP contribution in [0.4, 0.5) is 0 Å². The smallest absolute Gasteiger partial charge is 0.320 e. The molecule has 4 nitrogen and oxygen atoms in total. The molecule has 1 radical (unpaired) electrons. The standard InChI is InChI=1S/C5H11N2O2/c6-3-1-2-4(7)5(8)9/h4,6H,1-3,7H2,(H,8,9). The van der Waals surface area contributed by atoms with E-state index in [2.05, 4.69) is 0 Å². The van der Waals surface area contributed by atoms with E-state index in [9.17, 15) is 4.79 Å². The molecule has 4 heteroatoms. The highest BCUT2D eigenvalue weighted by molar-refractivity contribution is 5.72. The van der Waals surface area contributed by atoms with Crippen molar-refractivity contribution in [1.29, 1.82) is 0 Å². The van der Waals surface area contributed by atoms with Gasteiger partial charge in [-0.2, -0.15) is 0 Å². The lowest BCUT2D eigenvalue weighted by Crippen LogP contribution is -2.30. The summed E-state index contributed by atoms with van der Waals surface area (Å²) in [6, 6.07) is -0.782. The van der Waals surface area contributed by atoms with Gasteiger partial charge in [0, 0.05) is 6.54 Å². The number of carboxylic acids is 1. The lowest BCUT2D eigenvalue weighted by atomic mass is 10.2. The molecule has 0 fully saturated rings. The van der Waals surface area contributed by atoms with Crippen LogP contribution in [0.1, 0.15) is 12.8 Å². The molecular weight excluding hydrogens is 120 g/mol. The minimum Gasteiger partial charge on any atom is -0.480 e. The largest absolute Gasteiger partial charge is 0.480 e. The normalized spacial score (nSPS) is 13.1. The summed E-state index contributed by atoms with van der Waals surface area (Å²) in [7, 11) is 0. The van der Waals surface area contributed by atoms with Crippen LogP contribution in [0.5, 0.6) is 0 Å². The molecule has 1 unspecified atom stereocenters.